The van der Waals surface area contributed by atoms with E-state index in [2.05, 4.69) is 109 Å². The van der Waals surface area contributed by atoms with Gasteiger partial charge in [-0.25, -0.2) is 0 Å². The quantitative estimate of drug-likeness (QED) is 0.294. The van der Waals surface area contributed by atoms with Crippen LogP contribution in [0.3, 0.4) is 0 Å². The summed E-state index contributed by atoms with van der Waals surface area (Å²) < 4.78 is 0. The van der Waals surface area contributed by atoms with Crippen molar-refractivity contribution < 1.29 is 0 Å². The first-order valence-corrected chi connectivity index (χ1v) is 14.9. The lowest BCUT2D eigenvalue weighted by molar-refractivity contribution is 0.335. The number of hydrogen-bond donors (Lipinski definition) is 0. The Morgan fingerprint density at radius 1 is 0.788 bits per heavy atom. The molecule has 3 aromatic carbocycles. The maximum absolute atomic E-state index is 2.54. The summed E-state index contributed by atoms with van der Waals surface area (Å²) in [4.78, 5) is 6.48. The minimum atomic E-state index is 0.955. The van der Waals surface area contributed by atoms with Crippen molar-refractivity contribution >= 4 is 46.4 Å². The Bertz CT molecular complexity index is 1100. The molecule has 0 N–H and O–H groups in total. The van der Waals surface area contributed by atoms with E-state index in [4.69, 9.17) is 0 Å². The van der Waals surface area contributed by atoms with Gasteiger partial charge in [-0.2, -0.15) is 0 Å². The molecule has 0 saturated carbocycles. The molecule has 0 radical (unpaired) electrons. The molecule has 1 nitrogen and oxygen atoms in total. The minimum absolute atomic E-state index is 0.955. The molecule has 170 valence electrons. The average Bonchev–Trinajstić information content (AvgIpc) is 2.89. The number of rotatable bonds is 8. The molecule has 0 fully saturated rings. The lowest BCUT2D eigenvalue weighted by Crippen LogP contribution is -2.28. The highest BCUT2D eigenvalue weighted by atomic mass is 32.2. The molecule has 1 aliphatic heterocycles. The van der Waals surface area contributed by atoms with Crippen molar-refractivity contribution in [3.63, 3.8) is 0 Å². The monoisotopic (exact) mass is 489 g/mol. The van der Waals surface area contributed by atoms with Gasteiger partial charge in [-0.1, -0.05) is 48.6 Å². The van der Waals surface area contributed by atoms with Crippen molar-refractivity contribution in [1.82, 2.24) is 4.90 Å². The van der Waals surface area contributed by atoms with Crippen LogP contribution in [0.5, 0.6) is 0 Å². The number of hydrogen-bond acceptors (Lipinski definition) is 4. The Balaban J connectivity index is 1.56. The van der Waals surface area contributed by atoms with E-state index in [1.807, 2.05) is 11.8 Å². The zero-order valence-electron chi connectivity index (χ0n) is 19.6. The first-order chi connectivity index (χ1) is 16.2. The maximum atomic E-state index is 2.54. The molecule has 4 heteroatoms. The van der Waals surface area contributed by atoms with Gasteiger partial charge < -0.3 is 0 Å². The molecule has 0 saturated heterocycles. The van der Waals surface area contributed by atoms with Crippen LogP contribution in [0.25, 0.3) is 11.1 Å². The number of nitrogens with zero attached hydrogens (tertiary/aromatic N) is 1. The summed E-state index contributed by atoms with van der Waals surface area (Å²) in [6.45, 7) is 3.05. The first-order valence-electron chi connectivity index (χ1n) is 11.2. The summed E-state index contributed by atoms with van der Waals surface area (Å²) in [6.07, 6.45) is 12.4. The fourth-order valence-electron chi connectivity index (χ4n) is 4.17. The molecule has 0 aromatic heterocycles. The van der Waals surface area contributed by atoms with Crippen molar-refractivity contribution in [1.29, 1.82) is 0 Å². The molecule has 1 heterocycles. The standard InChI is InChI=1S/C29H31NS3/c1-31-26-10-4-7-23(19-26)22-13-16-30(17-14-22)18-15-29(24-8-5-11-27(20-24)32-2)25-9-6-12-28(21-25)33-3/h4-13,15,19-21H,14,16-18H2,1-3H3. The third-order valence-electron chi connectivity index (χ3n) is 6.05. The second-order valence-corrected chi connectivity index (χ2v) is 10.7. The molecule has 33 heavy (non-hydrogen) atoms. The van der Waals surface area contributed by atoms with Gasteiger partial charge in [0.2, 0.25) is 0 Å². The lowest BCUT2D eigenvalue weighted by Gasteiger charge is -2.26. The van der Waals surface area contributed by atoms with Crippen molar-refractivity contribution in [3.8, 4) is 0 Å². The Labute approximate surface area is 211 Å². The molecule has 0 aliphatic carbocycles. The van der Waals surface area contributed by atoms with Gasteiger partial charge in [0.25, 0.3) is 0 Å². The van der Waals surface area contributed by atoms with Gasteiger partial charge in [-0.15, -0.1) is 35.3 Å². The molecule has 0 unspecified atom stereocenters. The Morgan fingerprint density at radius 2 is 1.36 bits per heavy atom. The van der Waals surface area contributed by atoms with E-state index in [1.165, 1.54) is 42.5 Å². The van der Waals surface area contributed by atoms with Crippen LogP contribution in [-0.4, -0.2) is 43.3 Å². The van der Waals surface area contributed by atoms with Crippen LogP contribution in [0.1, 0.15) is 23.1 Å². The molecule has 0 bridgehead atoms. The average molecular weight is 490 g/mol. The molecule has 4 rings (SSSR count). The zero-order chi connectivity index (χ0) is 23.0. The summed E-state index contributed by atoms with van der Waals surface area (Å²) in [5.74, 6) is 0. The maximum Gasteiger partial charge on any atom is 0.0175 e. The highest BCUT2D eigenvalue weighted by Crippen LogP contribution is 2.30. The fourth-order valence-corrected chi connectivity index (χ4v) is 5.54. The largest absolute Gasteiger partial charge is 0.296 e. The van der Waals surface area contributed by atoms with Crippen molar-refractivity contribution in [2.75, 3.05) is 38.4 Å². The molecule has 0 spiro atoms. The summed E-state index contributed by atoms with van der Waals surface area (Å²) in [5.41, 5.74) is 6.76. The summed E-state index contributed by atoms with van der Waals surface area (Å²) in [6, 6.07) is 26.8. The van der Waals surface area contributed by atoms with E-state index in [-0.39, 0.29) is 0 Å². The molecule has 1 aliphatic rings. The second kappa shape index (κ2) is 12.0. The molecule has 0 amide bonds. The van der Waals surface area contributed by atoms with Crippen LogP contribution in [0.4, 0.5) is 0 Å². The van der Waals surface area contributed by atoms with E-state index in [0.717, 1.165) is 26.1 Å². The molecule has 3 aromatic rings. The SMILES string of the molecule is CSc1cccc(C2=CCN(CC=C(c3cccc(SC)c3)c3cccc(SC)c3)CC2)c1. The second-order valence-electron chi connectivity index (χ2n) is 8.05. The van der Waals surface area contributed by atoms with E-state index in [0.29, 0.717) is 0 Å². The smallest absolute Gasteiger partial charge is 0.0175 e. The highest BCUT2D eigenvalue weighted by molar-refractivity contribution is 7.99. The normalized spacial score (nSPS) is 14.1. The predicted octanol–water partition coefficient (Wildman–Crippen LogP) is 8.07. The predicted molar refractivity (Wildman–Crippen MR) is 151 cm³/mol. The molecular weight excluding hydrogens is 459 g/mol. The van der Waals surface area contributed by atoms with Gasteiger partial charge in [-0.3, -0.25) is 4.90 Å². The van der Waals surface area contributed by atoms with Crippen molar-refractivity contribution in [2.45, 2.75) is 21.1 Å². The van der Waals surface area contributed by atoms with Crippen LogP contribution >= 0.6 is 35.3 Å². The number of benzene rings is 3. The van der Waals surface area contributed by atoms with Crippen molar-refractivity contribution in [3.05, 3.63) is 102 Å². The zero-order valence-corrected chi connectivity index (χ0v) is 22.0. The van der Waals surface area contributed by atoms with Crippen LogP contribution < -0.4 is 0 Å². The van der Waals surface area contributed by atoms with Crippen LogP contribution in [0, 0.1) is 0 Å². The van der Waals surface area contributed by atoms with E-state index in [1.54, 1.807) is 23.5 Å². The minimum Gasteiger partial charge on any atom is -0.296 e. The summed E-state index contributed by atoms with van der Waals surface area (Å²) in [5, 5.41) is 0. The van der Waals surface area contributed by atoms with Gasteiger partial charge in [0.1, 0.15) is 0 Å². The Kier molecular flexibility index (Phi) is 8.85. The highest BCUT2D eigenvalue weighted by Gasteiger charge is 2.14. The van der Waals surface area contributed by atoms with E-state index >= 15 is 0 Å². The van der Waals surface area contributed by atoms with Gasteiger partial charge in [0.05, 0.1) is 0 Å². The van der Waals surface area contributed by atoms with Crippen molar-refractivity contribution in [2.24, 2.45) is 0 Å². The third-order valence-corrected chi connectivity index (χ3v) is 8.22. The van der Waals surface area contributed by atoms with E-state index < -0.39 is 0 Å². The van der Waals surface area contributed by atoms with Gasteiger partial charge >= 0.3 is 0 Å². The first kappa shape index (κ1) is 24.3. The van der Waals surface area contributed by atoms with Gasteiger partial charge in [0.15, 0.2) is 0 Å². The summed E-state index contributed by atoms with van der Waals surface area (Å²) in [7, 11) is 0. The van der Waals surface area contributed by atoms with Gasteiger partial charge in [0, 0.05) is 34.3 Å². The third kappa shape index (κ3) is 6.39. The molecule has 0 atom stereocenters. The van der Waals surface area contributed by atoms with E-state index in [9.17, 15) is 0 Å². The fraction of sp³-hybridized carbons (Fsp3) is 0.241. The molecular formula is C29H31NS3. The van der Waals surface area contributed by atoms with Gasteiger partial charge in [-0.05, 0) is 89.4 Å². The summed E-state index contributed by atoms with van der Waals surface area (Å²) >= 11 is 5.41. The Morgan fingerprint density at radius 3 is 1.91 bits per heavy atom. The number of thioether (sulfide) groups is 3. The lowest BCUT2D eigenvalue weighted by atomic mass is 9.96. The van der Waals surface area contributed by atoms with Crippen LogP contribution in [0.2, 0.25) is 0 Å². The topological polar surface area (TPSA) is 3.24 Å². The van der Waals surface area contributed by atoms with Crippen LogP contribution in [0.15, 0.2) is 99.6 Å². The Hall–Kier alpha value is -1.85. The van der Waals surface area contributed by atoms with Crippen LogP contribution in [-0.2, 0) is 0 Å².